The minimum absolute atomic E-state index is 0.0860. The molecule has 3 aliphatic heterocycles. The summed E-state index contributed by atoms with van der Waals surface area (Å²) in [6.45, 7) is 6.61. The number of carbonyl (C=O) groups is 1. The molecule has 6 rings (SSSR count). The summed E-state index contributed by atoms with van der Waals surface area (Å²) >= 11 is 1.80. The maximum Gasteiger partial charge on any atom is 0.411 e. The molecule has 7 nitrogen and oxygen atoms in total. The van der Waals surface area contributed by atoms with E-state index in [-0.39, 0.29) is 12.1 Å². The van der Waals surface area contributed by atoms with Crippen LogP contribution in [0.5, 0.6) is 0 Å². The van der Waals surface area contributed by atoms with Crippen LogP contribution in [0.1, 0.15) is 11.4 Å². The topological polar surface area (TPSA) is 61.8 Å². The highest BCUT2D eigenvalue weighted by Gasteiger charge is 2.62. The first kappa shape index (κ1) is 18.1. The van der Waals surface area contributed by atoms with Gasteiger partial charge in [-0.1, -0.05) is 18.2 Å². The Morgan fingerprint density at radius 3 is 2.97 bits per heavy atom. The first-order valence-corrected chi connectivity index (χ1v) is 11.2. The average molecular weight is 422 g/mol. The van der Waals surface area contributed by atoms with Gasteiger partial charge in [0.05, 0.1) is 19.1 Å². The Morgan fingerprint density at radius 1 is 1.23 bits per heavy atom. The number of anilines is 1. The van der Waals surface area contributed by atoms with E-state index in [1.165, 1.54) is 15.6 Å². The zero-order valence-electron chi connectivity index (χ0n) is 16.8. The van der Waals surface area contributed by atoms with Gasteiger partial charge in [0.25, 0.3) is 0 Å². The number of amides is 1. The third-order valence-corrected chi connectivity index (χ3v) is 7.57. The van der Waals surface area contributed by atoms with Gasteiger partial charge in [-0.3, -0.25) is 9.80 Å². The number of piperazine rings is 1. The molecule has 1 amide bonds. The lowest BCUT2D eigenvalue weighted by Crippen LogP contribution is -2.71. The highest BCUT2D eigenvalue weighted by atomic mass is 32.1. The summed E-state index contributed by atoms with van der Waals surface area (Å²) in [5.74, 6) is 1.66. The monoisotopic (exact) mass is 421 g/mol. The van der Waals surface area contributed by atoms with Crippen molar-refractivity contribution < 1.29 is 9.53 Å². The quantitative estimate of drug-likeness (QED) is 0.648. The SMILES string of the molecule is Cc1nccc(N2CC3(C2)OC(=O)N2CCN(Cc4csc5ccccc45)CC23)n1. The Labute approximate surface area is 178 Å². The molecule has 1 spiro atoms. The maximum atomic E-state index is 12.6. The smallest absolute Gasteiger partial charge is 0.411 e. The van der Waals surface area contributed by atoms with Crippen LogP contribution in [0, 0.1) is 6.92 Å². The Balaban J connectivity index is 1.20. The van der Waals surface area contributed by atoms with E-state index in [1.54, 1.807) is 17.5 Å². The van der Waals surface area contributed by atoms with Gasteiger partial charge in [-0.25, -0.2) is 14.8 Å². The van der Waals surface area contributed by atoms with Crippen molar-refractivity contribution in [1.82, 2.24) is 19.8 Å². The summed E-state index contributed by atoms with van der Waals surface area (Å²) in [5.41, 5.74) is 0.931. The molecular formula is C22H23N5O2S. The van der Waals surface area contributed by atoms with Crippen LogP contribution >= 0.6 is 11.3 Å². The first-order chi connectivity index (χ1) is 14.6. The third kappa shape index (κ3) is 2.78. The van der Waals surface area contributed by atoms with Crippen LogP contribution in [-0.2, 0) is 11.3 Å². The van der Waals surface area contributed by atoms with Gasteiger partial charge in [0, 0.05) is 37.1 Å². The number of hydrogen-bond donors (Lipinski definition) is 0. The molecule has 1 unspecified atom stereocenters. The molecule has 3 saturated heterocycles. The summed E-state index contributed by atoms with van der Waals surface area (Å²) in [4.78, 5) is 27.8. The number of fused-ring (bicyclic) bond motifs is 3. The summed E-state index contributed by atoms with van der Waals surface area (Å²) in [6.07, 6.45) is 1.61. The predicted octanol–water partition coefficient (Wildman–Crippen LogP) is 2.90. The molecule has 1 aromatic carbocycles. The summed E-state index contributed by atoms with van der Waals surface area (Å²) in [7, 11) is 0. The van der Waals surface area contributed by atoms with Gasteiger partial charge in [-0.2, -0.15) is 0 Å². The second-order valence-electron chi connectivity index (χ2n) is 8.45. The largest absolute Gasteiger partial charge is 0.437 e. The Kier molecular flexibility index (Phi) is 4.01. The molecule has 2 aromatic heterocycles. The van der Waals surface area contributed by atoms with E-state index in [4.69, 9.17) is 4.74 Å². The fraction of sp³-hybridized carbons (Fsp3) is 0.409. The molecule has 3 aliphatic rings. The highest BCUT2D eigenvalue weighted by molar-refractivity contribution is 7.17. The summed E-state index contributed by atoms with van der Waals surface area (Å²) in [6, 6.07) is 10.6. The second-order valence-corrected chi connectivity index (χ2v) is 9.36. The first-order valence-electron chi connectivity index (χ1n) is 10.3. The van der Waals surface area contributed by atoms with Crippen LogP contribution in [0.4, 0.5) is 10.6 Å². The molecule has 1 atom stereocenters. The van der Waals surface area contributed by atoms with Gasteiger partial charge in [-0.05, 0) is 35.4 Å². The van der Waals surface area contributed by atoms with Crippen molar-refractivity contribution in [2.24, 2.45) is 0 Å². The van der Waals surface area contributed by atoms with Crippen LogP contribution in [0.15, 0.2) is 41.9 Å². The van der Waals surface area contributed by atoms with Crippen molar-refractivity contribution >= 4 is 33.3 Å². The fourth-order valence-electron chi connectivity index (χ4n) is 5.01. The normalized spacial score (nSPS) is 23.0. The van der Waals surface area contributed by atoms with Gasteiger partial charge >= 0.3 is 6.09 Å². The lowest BCUT2D eigenvalue weighted by Gasteiger charge is -2.51. The second kappa shape index (κ2) is 6.65. The number of aromatic nitrogens is 2. The van der Waals surface area contributed by atoms with Crippen LogP contribution in [0.3, 0.4) is 0 Å². The van der Waals surface area contributed by atoms with E-state index in [2.05, 4.69) is 49.4 Å². The number of thiophene rings is 1. The lowest BCUT2D eigenvalue weighted by molar-refractivity contribution is -0.00990. The Bertz CT molecular complexity index is 1130. The molecule has 3 fully saturated rings. The maximum absolute atomic E-state index is 12.6. The lowest BCUT2D eigenvalue weighted by atomic mass is 9.84. The minimum atomic E-state index is -0.439. The summed E-state index contributed by atoms with van der Waals surface area (Å²) in [5, 5.41) is 3.61. The molecule has 5 heterocycles. The van der Waals surface area contributed by atoms with E-state index < -0.39 is 5.60 Å². The molecule has 0 bridgehead atoms. The van der Waals surface area contributed by atoms with E-state index >= 15 is 0 Å². The number of rotatable bonds is 3. The third-order valence-electron chi connectivity index (χ3n) is 6.55. The molecule has 0 N–H and O–H groups in total. The van der Waals surface area contributed by atoms with E-state index in [0.29, 0.717) is 13.1 Å². The van der Waals surface area contributed by atoms with Gasteiger partial charge in [0.15, 0.2) is 5.60 Å². The molecule has 3 aromatic rings. The molecule has 0 saturated carbocycles. The highest BCUT2D eigenvalue weighted by Crippen LogP contribution is 2.41. The van der Waals surface area contributed by atoms with Crippen molar-refractivity contribution in [3.8, 4) is 0 Å². The minimum Gasteiger partial charge on any atom is -0.437 e. The van der Waals surface area contributed by atoms with Crippen LogP contribution in [0.25, 0.3) is 10.1 Å². The molecule has 154 valence electrons. The Morgan fingerprint density at radius 2 is 2.10 bits per heavy atom. The van der Waals surface area contributed by atoms with Crippen LogP contribution < -0.4 is 4.90 Å². The van der Waals surface area contributed by atoms with Gasteiger partial charge < -0.3 is 9.64 Å². The number of hydrogen-bond acceptors (Lipinski definition) is 7. The standard InChI is InChI=1S/C22H23N5O2S/c1-15-23-7-6-20(24-15)26-13-22(14-26)19-11-25(8-9-27(19)21(28)29-22)10-16-12-30-18-5-3-2-4-17(16)18/h2-7,12,19H,8-11,13-14H2,1H3. The van der Waals surface area contributed by atoms with Gasteiger partial charge in [0.1, 0.15) is 11.6 Å². The number of carbonyl (C=O) groups excluding carboxylic acids is 1. The number of benzene rings is 1. The van der Waals surface area contributed by atoms with Crippen LogP contribution in [-0.4, -0.2) is 70.2 Å². The van der Waals surface area contributed by atoms with Gasteiger partial charge in [-0.15, -0.1) is 11.3 Å². The zero-order chi connectivity index (χ0) is 20.3. The van der Waals surface area contributed by atoms with Crippen molar-refractivity contribution in [2.75, 3.05) is 37.6 Å². The number of ether oxygens (including phenoxy) is 1. The zero-order valence-corrected chi connectivity index (χ0v) is 17.6. The molecule has 8 heteroatoms. The van der Waals surface area contributed by atoms with Crippen molar-refractivity contribution in [2.45, 2.75) is 25.1 Å². The van der Waals surface area contributed by atoms with E-state index in [1.807, 2.05) is 17.9 Å². The fourth-order valence-corrected chi connectivity index (χ4v) is 5.96. The van der Waals surface area contributed by atoms with Crippen molar-refractivity contribution in [1.29, 1.82) is 0 Å². The number of aryl methyl sites for hydroxylation is 1. The van der Waals surface area contributed by atoms with Crippen LogP contribution in [0.2, 0.25) is 0 Å². The van der Waals surface area contributed by atoms with Crippen molar-refractivity contribution in [3.05, 3.63) is 53.3 Å². The molecule has 0 aliphatic carbocycles. The average Bonchev–Trinajstić information content (AvgIpc) is 3.26. The number of nitrogens with zero attached hydrogens (tertiary/aromatic N) is 5. The predicted molar refractivity (Wildman–Crippen MR) is 116 cm³/mol. The summed E-state index contributed by atoms with van der Waals surface area (Å²) < 4.78 is 7.28. The molecular weight excluding hydrogens is 398 g/mol. The Hall–Kier alpha value is -2.71. The van der Waals surface area contributed by atoms with E-state index in [0.717, 1.165) is 37.8 Å². The van der Waals surface area contributed by atoms with Crippen molar-refractivity contribution in [3.63, 3.8) is 0 Å². The van der Waals surface area contributed by atoms with Gasteiger partial charge in [0.2, 0.25) is 0 Å². The molecule has 30 heavy (non-hydrogen) atoms. The van der Waals surface area contributed by atoms with E-state index in [9.17, 15) is 4.79 Å². The molecule has 0 radical (unpaired) electrons.